The highest BCUT2D eigenvalue weighted by atomic mass is 16.5. The second-order valence-corrected chi connectivity index (χ2v) is 4.26. The summed E-state index contributed by atoms with van der Waals surface area (Å²) in [6, 6.07) is 7.71. The highest BCUT2D eigenvalue weighted by molar-refractivity contribution is 5.81. The summed E-state index contributed by atoms with van der Waals surface area (Å²) >= 11 is 0. The van der Waals surface area contributed by atoms with Crippen LogP contribution in [0.1, 0.15) is 12.0 Å². The Bertz CT molecular complexity index is 372. The number of methoxy groups -OCH3 is 1. The molecule has 0 amide bonds. The number of carbonyl (C=O) groups excluding carboxylic acids is 1. The van der Waals surface area contributed by atoms with Gasteiger partial charge in [-0.2, -0.15) is 0 Å². The van der Waals surface area contributed by atoms with Crippen molar-refractivity contribution in [3.8, 4) is 5.75 Å². The summed E-state index contributed by atoms with van der Waals surface area (Å²) < 4.78 is 5.23. The minimum Gasteiger partial charge on any atom is -0.496 e. The smallest absolute Gasteiger partial charge is 0.137 e. The summed E-state index contributed by atoms with van der Waals surface area (Å²) in [5.41, 5.74) is 0.988. The molecule has 1 saturated heterocycles. The molecule has 3 nitrogen and oxygen atoms in total. The molecule has 1 aromatic rings. The zero-order valence-corrected chi connectivity index (χ0v) is 9.53. The van der Waals surface area contributed by atoms with Crippen LogP contribution in [0, 0.1) is 5.92 Å². The number of rotatable bonds is 5. The molecule has 1 heterocycles. The summed E-state index contributed by atoms with van der Waals surface area (Å²) in [4.78, 5) is 11.8. The first-order valence-corrected chi connectivity index (χ1v) is 5.64. The molecule has 0 unspecified atom stereocenters. The Kier molecular flexibility index (Phi) is 3.57. The maximum Gasteiger partial charge on any atom is 0.137 e. The Balaban J connectivity index is 1.94. The lowest BCUT2D eigenvalue weighted by Gasteiger charge is -2.26. The molecule has 0 bridgehead atoms. The molecule has 1 N–H and O–H groups in total. The van der Waals surface area contributed by atoms with Crippen LogP contribution in [0.4, 0.5) is 0 Å². The zero-order chi connectivity index (χ0) is 11.4. The van der Waals surface area contributed by atoms with Gasteiger partial charge in [-0.25, -0.2) is 0 Å². The van der Waals surface area contributed by atoms with Crippen LogP contribution in [-0.2, 0) is 11.2 Å². The van der Waals surface area contributed by atoms with Crippen molar-refractivity contribution in [2.45, 2.75) is 12.8 Å². The molecular weight excluding hydrogens is 202 g/mol. The van der Waals surface area contributed by atoms with E-state index in [1.165, 1.54) is 0 Å². The molecule has 0 atom stereocenters. The van der Waals surface area contributed by atoms with Crippen LogP contribution in [0.15, 0.2) is 24.3 Å². The summed E-state index contributed by atoms with van der Waals surface area (Å²) in [7, 11) is 1.64. The van der Waals surface area contributed by atoms with Gasteiger partial charge in [0, 0.05) is 18.4 Å². The van der Waals surface area contributed by atoms with Crippen molar-refractivity contribution in [1.82, 2.24) is 5.32 Å². The summed E-state index contributed by atoms with van der Waals surface area (Å²) in [5, 5.41) is 3.18. The Morgan fingerprint density at radius 2 is 2.19 bits per heavy atom. The summed E-state index contributed by atoms with van der Waals surface area (Å²) in [6.07, 6.45) is 1.17. The van der Waals surface area contributed by atoms with Gasteiger partial charge in [0.25, 0.3) is 0 Å². The Hall–Kier alpha value is -1.35. The van der Waals surface area contributed by atoms with Gasteiger partial charge in [0.15, 0.2) is 0 Å². The van der Waals surface area contributed by atoms with Crippen molar-refractivity contribution < 1.29 is 9.53 Å². The average molecular weight is 219 g/mol. The van der Waals surface area contributed by atoms with Crippen molar-refractivity contribution in [2.24, 2.45) is 5.92 Å². The lowest BCUT2D eigenvalue weighted by atomic mass is 9.94. The Morgan fingerprint density at radius 3 is 2.81 bits per heavy atom. The number of ketones is 1. The number of carbonyl (C=O) groups is 1. The third-order valence-electron chi connectivity index (χ3n) is 2.96. The predicted molar refractivity (Wildman–Crippen MR) is 62.7 cm³/mol. The summed E-state index contributed by atoms with van der Waals surface area (Å²) in [5.74, 6) is 1.65. The van der Waals surface area contributed by atoms with E-state index in [1.54, 1.807) is 7.11 Å². The van der Waals surface area contributed by atoms with Gasteiger partial charge in [0.1, 0.15) is 11.5 Å². The van der Waals surface area contributed by atoms with Gasteiger partial charge in [-0.1, -0.05) is 18.2 Å². The van der Waals surface area contributed by atoms with E-state index in [0.29, 0.717) is 24.5 Å². The SMILES string of the molecule is COc1ccccc1CC(=O)CC1CNC1. The first-order valence-electron chi connectivity index (χ1n) is 5.64. The van der Waals surface area contributed by atoms with Crippen molar-refractivity contribution >= 4 is 5.78 Å². The molecule has 2 rings (SSSR count). The minimum absolute atomic E-state index is 0.302. The number of Topliss-reactive ketones (excluding diaryl/α,β-unsaturated/α-hetero) is 1. The molecule has 0 spiro atoms. The highest BCUT2D eigenvalue weighted by Gasteiger charge is 2.20. The van der Waals surface area contributed by atoms with Crippen molar-refractivity contribution in [2.75, 3.05) is 20.2 Å². The van der Waals surface area contributed by atoms with Gasteiger partial charge >= 0.3 is 0 Å². The molecule has 3 heteroatoms. The van der Waals surface area contributed by atoms with Gasteiger partial charge in [0.2, 0.25) is 0 Å². The number of para-hydroxylation sites is 1. The molecule has 1 aliphatic heterocycles. The minimum atomic E-state index is 0.302. The quantitative estimate of drug-likeness (QED) is 0.814. The van der Waals surface area contributed by atoms with Crippen LogP contribution in [0.2, 0.25) is 0 Å². The van der Waals surface area contributed by atoms with E-state index in [4.69, 9.17) is 4.74 Å². The maximum atomic E-state index is 11.8. The molecule has 16 heavy (non-hydrogen) atoms. The lowest BCUT2D eigenvalue weighted by Crippen LogP contribution is -2.43. The topological polar surface area (TPSA) is 38.3 Å². The Morgan fingerprint density at radius 1 is 1.44 bits per heavy atom. The number of ether oxygens (including phenoxy) is 1. The molecule has 1 aliphatic rings. The molecule has 1 aromatic carbocycles. The molecule has 0 aliphatic carbocycles. The third-order valence-corrected chi connectivity index (χ3v) is 2.96. The monoisotopic (exact) mass is 219 g/mol. The third kappa shape index (κ3) is 2.61. The fraction of sp³-hybridized carbons (Fsp3) is 0.462. The predicted octanol–water partition coefficient (Wildman–Crippen LogP) is 1.42. The van der Waals surface area contributed by atoms with Crippen molar-refractivity contribution in [3.05, 3.63) is 29.8 Å². The van der Waals surface area contributed by atoms with E-state index in [0.717, 1.165) is 24.4 Å². The fourth-order valence-corrected chi connectivity index (χ4v) is 1.95. The van der Waals surface area contributed by atoms with Crippen LogP contribution in [-0.4, -0.2) is 26.0 Å². The van der Waals surface area contributed by atoms with Crippen molar-refractivity contribution in [3.63, 3.8) is 0 Å². The van der Waals surface area contributed by atoms with Crippen LogP contribution in [0.25, 0.3) is 0 Å². The van der Waals surface area contributed by atoms with E-state index >= 15 is 0 Å². The number of benzene rings is 1. The van der Waals surface area contributed by atoms with Crippen molar-refractivity contribution in [1.29, 1.82) is 0 Å². The standard InChI is InChI=1S/C13H17NO2/c1-16-13-5-3-2-4-11(13)7-12(15)6-10-8-14-9-10/h2-5,10,14H,6-9H2,1H3. The van der Waals surface area contributed by atoms with Gasteiger partial charge in [-0.3, -0.25) is 4.79 Å². The highest BCUT2D eigenvalue weighted by Crippen LogP contribution is 2.19. The average Bonchev–Trinajstić information content (AvgIpc) is 2.24. The molecule has 0 radical (unpaired) electrons. The summed E-state index contributed by atoms with van der Waals surface area (Å²) in [6.45, 7) is 1.97. The van der Waals surface area contributed by atoms with E-state index in [2.05, 4.69) is 5.32 Å². The van der Waals surface area contributed by atoms with Crippen LogP contribution < -0.4 is 10.1 Å². The second kappa shape index (κ2) is 5.12. The van der Waals surface area contributed by atoms with E-state index in [1.807, 2.05) is 24.3 Å². The largest absolute Gasteiger partial charge is 0.496 e. The van der Waals surface area contributed by atoms with Crippen LogP contribution in [0.5, 0.6) is 5.75 Å². The Labute approximate surface area is 95.8 Å². The van der Waals surface area contributed by atoms with Gasteiger partial charge in [-0.05, 0) is 25.1 Å². The van der Waals surface area contributed by atoms with Crippen LogP contribution >= 0.6 is 0 Å². The lowest BCUT2D eigenvalue weighted by molar-refractivity contribution is -0.119. The van der Waals surface area contributed by atoms with E-state index in [9.17, 15) is 4.79 Å². The molecule has 1 fully saturated rings. The number of hydrogen-bond acceptors (Lipinski definition) is 3. The molecular formula is C13H17NO2. The molecule has 0 saturated carbocycles. The van der Waals surface area contributed by atoms with Crippen LogP contribution in [0.3, 0.4) is 0 Å². The van der Waals surface area contributed by atoms with Gasteiger partial charge in [0.05, 0.1) is 7.11 Å². The maximum absolute atomic E-state index is 11.8. The first-order chi connectivity index (χ1) is 7.79. The fourth-order valence-electron chi connectivity index (χ4n) is 1.95. The van der Waals surface area contributed by atoms with Gasteiger partial charge in [-0.15, -0.1) is 0 Å². The van der Waals surface area contributed by atoms with E-state index < -0.39 is 0 Å². The normalized spacial score (nSPS) is 15.6. The zero-order valence-electron chi connectivity index (χ0n) is 9.53. The van der Waals surface area contributed by atoms with Gasteiger partial charge < -0.3 is 10.1 Å². The molecule has 86 valence electrons. The van der Waals surface area contributed by atoms with E-state index in [-0.39, 0.29) is 0 Å². The first kappa shape index (κ1) is 11.1. The number of nitrogens with one attached hydrogen (secondary N) is 1. The number of hydrogen-bond donors (Lipinski definition) is 1. The molecule has 0 aromatic heterocycles. The second-order valence-electron chi connectivity index (χ2n) is 4.26.